The molecule has 54 valence electrons. The van der Waals surface area contributed by atoms with Crippen molar-refractivity contribution in [3.8, 4) is 0 Å². The lowest BCUT2D eigenvalue weighted by Crippen LogP contribution is -2.33. The summed E-state index contributed by atoms with van der Waals surface area (Å²) in [6.45, 7) is 5.12. The van der Waals surface area contributed by atoms with Crippen LogP contribution in [0.5, 0.6) is 0 Å². The lowest BCUT2D eigenvalue weighted by atomic mass is 10.3. The van der Waals surface area contributed by atoms with E-state index in [-0.39, 0.29) is 6.04 Å². The lowest BCUT2D eigenvalue weighted by molar-refractivity contribution is -0.119. The summed E-state index contributed by atoms with van der Waals surface area (Å²) in [5.41, 5.74) is 5.24. The van der Waals surface area contributed by atoms with E-state index in [1.54, 1.807) is 4.90 Å². The molecule has 0 unspecified atom stereocenters. The monoisotopic (exact) mass is 130 g/mol. The van der Waals surface area contributed by atoms with Gasteiger partial charge >= 0.3 is 0 Å². The van der Waals surface area contributed by atoms with Crippen LogP contribution in [0.1, 0.15) is 13.8 Å². The molecule has 0 rings (SSSR count). The molecule has 0 aromatic rings. The number of hydrogen-bond acceptors (Lipinski definition) is 2. The average Bonchev–Trinajstić information content (AvgIpc) is 1.82. The number of carbonyl (C=O) groups excluding carboxylic acids is 1. The Morgan fingerprint density at radius 1 is 1.67 bits per heavy atom. The van der Waals surface area contributed by atoms with Crippen LogP contribution in [-0.4, -0.2) is 30.4 Å². The Kier molecular flexibility index (Phi) is 4.05. The predicted molar refractivity (Wildman–Crippen MR) is 37.0 cm³/mol. The molecule has 0 aliphatic rings. The first-order chi connectivity index (χ1) is 4.22. The van der Waals surface area contributed by atoms with Gasteiger partial charge in [0.15, 0.2) is 0 Å². The summed E-state index contributed by atoms with van der Waals surface area (Å²) in [4.78, 5) is 11.9. The second-order valence-electron chi connectivity index (χ2n) is 2.23. The maximum absolute atomic E-state index is 10.2. The van der Waals surface area contributed by atoms with Crippen LogP contribution in [0.4, 0.5) is 0 Å². The maximum Gasteiger partial charge on any atom is 0.209 e. The van der Waals surface area contributed by atoms with E-state index in [2.05, 4.69) is 0 Å². The Balaban J connectivity index is 3.54. The third kappa shape index (κ3) is 3.08. The standard InChI is InChI=1S/C6H14N2O/c1-6(2)8(5-9)4-3-7/h5-6H,3-4,7H2,1-2H3. The fraction of sp³-hybridized carbons (Fsp3) is 0.833. The van der Waals surface area contributed by atoms with Crippen molar-refractivity contribution in [3.63, 3.8) is 0 Å². The molecule has 0 spiro atoms. The van der Waals surface area contributed by atoms with Gasteiger partial charge in [0.1, 0.15) is 0 Å². The van der Waals surface area contributed by atoms with Gasteiger partial charge in [-0.15, -0.1) is 0 Å². The maximum atomic E-state index is 10.2. The highest BCUT2D eigenvalue weighted by Crippen LogP contribution is 1.90. The van der Waals surface area contributed by atoms with Crippen LogP contribution in [0.25, 0.3) is 0 Å². The fourth-order valence-corrected chi connectivity index (χ4v) is 0.582. The summed E-state index contributed by atoms with van der Waals surface area (Å²) in [5.74, 6) is 0. The quantitative estimate of drug-likeness (QED) is 0.536. The van der Waals surface area contributed by atoms with Crippen LogP contribution in [0, 0.1) is 0 Å². The lowest BCUT2D eigenvalue weighted by Gasteiger charge is -2.19. The highest BCUT2D eigenvalue weighted by molar-refractivity contribution is 5.47. The summed E-state index contributed by atoms with van der Waals surface area (Å²) < 4.78 is 0. The minimum Gasteiger partial charge on any atom is -0.342 e. The van der Waals surface area contributed by atoms with Crippen LogP contribution < -0.4 is 5.73 Å². The SMILES string of the molecule is CC(C)N(C=O)CCN. The first-order valence-corrected chi connectivity index (χ1v) is 3.13. The molecule has 3 heteroatoms. The summed E-state index contributed by atoms with van der Waals surface area (Å²) in [7, 11) is 0. The average molecular weight is 130 g/mol. The number of nitrogens with zero attached hydrogens (tertiary/aromatic N) is 1. The van der Waals surface area contributed by atoms with E-state index < -0.39 is 0 Å². The smallest absolute Gasteiger partial charge is 0.209 e. The molecular formula is C6H14N2O. The zero-order valence-electron chi connectivity index (χ0n) is 6.00. The van der Waals surface area contributed by atoms with E-state index in [4.69, 9.17) is 5.73 Å². The molecule has 0 atom stereocenters. The van der Waals surface area contributed by atoms with Crippen molar-refractivity contribution in [2.45, 2.75) is 19.9 Å². The zero-order valence-corrected chi connectivity index (χ0v) is 6.00. The summed E-state index contributed by atoms with van der Waals surface area (Å²) >= 11 is 0. The van der Waals surface area contributed by atoms with Crippen LogP contribution in [0.3, 0.4) is 0 Å². The molecular weight excluding hydrogens is 116 g/mol. The van der Waals surface area contributed by atoms with Gasteiger partial charge < -0.3 is 10.6 Å². The largest absolute Gasteiger partial charge is 0.342 e. The van der Waals surface area contributed by atoms with Gasteiger partial charge in [0.05, 0.1) is 0 Å². The zero-order chi connectivity index (χ0) is 7.28. The second-order valence-corrected chi connectivity index (χ2v) is 2.23. The molecule has 2 N–H and O–H groups in total. The van der Waals surface area contributed by atoms with Crippen molar-refractivity contribution in [3.05, 3.63) is 0 Å². The van der Waals surface area contributed by atoms with Crippen molar-refractivity contribution in [2.24, 2.45) is 5.73 Å². The summed E-state index contributed by atoms with van der Waals surface area (Å²) in [6.07, 6.45) is 0.831. The molecule has 0 saturated heterocycles. The van der Waals surface area contributed by atoms with Gasteiger partial charge in [-0.1, -0.05) is 0 Å². The number of rotatable bonds is 4. The van der Waals surface area contributed by atoms with E-state index in [9.17, 15) is 4.79 Å². The molecule has 0 aromatic heterocycles. The topological polar surface area (TPSA) is 46.3 Å². The van der Waals surface area contributed by atoms with E-state index in [0.29, 0.717) is 13.1 Å². The van der Waals surface area contributed by atoms with Gasteiger partial charge in [0.25, 0.3) is 0 Å². The Hall–Kier alpha value is -0.570. The van der Waals surface area contributed by atoms with Gasteiger partial charge in [-0.3, -0.25) is 4.79 Å². The van der Waals surface area contributed by atoms with Crippen molar-refractivity contribution in [1.82, 2.24) is 4.90 Å². The van der Waals surface area contributed by atoms with Crippen LogP contribution in [0.15, 0.2) is 0 Å². The molecule has 1 amide bonds. The Bertz CT molecular complexity index is 83.1. The number of amides is 1. The number of hydrogen-bond donors (Lipinski definition) is 1. The summed E-state index contributed by atoms with van der Waals surface area (Å²) in [6, 6.07) is 0.269. The first kappa shape index (κ1) is 8.43. The van der Waals surface area contributed by atoms with Crippen molar-refractivity contribution < 1.29 is 4.79 Å². The van der Waals surface area contributed by atoms with Crippen LogP contribution in [-0.2, 0) is 4.79 Å². The highest BCUT2D eigenvalue weighted by atomic mass is 16.1. The molecule has 0 aliphatic heterocycles. The van der Waals surface area contributed by atoms with Gasteiger partial charge in [-0.05, 0) is 13.8 Å². The molecule has 0 saturated carbocycles. The normalized spacial score (nSPS) is 9.78. The molecule has 0 radical (unpaired) electrons. The number of carbonyl (C=O) groups is 1. The highest BCUT2D eigenvalue weighted by Gasteiger charge is 2.02. The molecule has 0 aliphatic carbocycles. The fourth-order valence-electron chi connectivity index (χ4n) is 0.582. The minimum absolute atomic E-state index is 0.269. The van der Waals surface area contributed by atoms with Crippen LogP contribution in [0.2, 0.25) is 0 Å². The molecule has 3 nitrogen and oxygen atoms in total. The Morgan fingerprint density at radius 2 is 2.22 bits per heavy atom. The van der Waals surface area contributed by atoms with Gasteiger partial charge in [-0.2, -0.15) is 0 Å². The van der Waals surface area contributed by atoms with E-state index in [1.165, 1.54) is 0 Å². The Morgan fingerprint density at radius 3 is 2.33 bits per heavy atom. The molecule has 9 heavy (non-hydrogen) atoms. The first-order valence-electron chi connectivity index (χ1n) is 3.13. The van der Waals surface area contributed by atoms with Gasteiger partial charge in [0.2, 0.25) is 6.41 Å². The van der Waals surface area contributed by atoms with Crippen molar-refractivity contribution >= 4 is 6.41 Å². The predicted octanol–water partition coefficient (Wildman–Crippen LogP) is -0.188. The van der Waals surface area contributed by atoms with Crippen molar-refractivity contribution in [1.29, 1.82) is 0 Å². The second kappa shape index (κ2) is 4.32. The third-order valence-corrected chi connectivity index (χ3v) is 1.19. The van der Waals surface area contributed by atoms with Gasteiger partial charge in [-0.25, -0.2) is 0 Å². The minimum atomic E-state index is 0.269. The molecule has 0 fully saturated rings. The Labute approximate surface area is 55.8 Å². The molecule has 0 aromatic carbocycles. The van der Waals surface area contributed by atoms with Gasteiger partial charge in [0, 0.05) is 19.1 Å². The number of nitrogens with two attached hydrogens (primary N) is 1. The van der Waals surface area contributed by atoms with E-state index >= 15 is 0 Å². The molecule has 0 heterocycles. The van der Waals surface area contributed by atoms with Crippen molar-refractivity contribution in [2.75, 3.05) is 13.1 Å². The summed E-state index contributed by atoms with van der Waals surface area (Å²) in [5, 5.41) is 0. The van der Waals surface area contributed by atoms with Crippen LogP contribution >= 0.6 is 0 Å². The van der Waals surface area contributed by atoms with E-state index in [1.807, 2.05) is 13.8 Å². The molecule has 0 bridgehead atoms. The van der Waals surface area contributed by atoms with E-state index in [0.717, 1.165) is 6.41 Å². The third-order valence-electron chi connectivity index (χ3n) is 1.19.